The number of amides is 1. The van der Waals surface area contributed by atoms with Crippen molar-refractivity contribution in [2.24, 2.45) is 5.92 Å². The van der Waals surface area contributed by atoms with Crippen molar-refractivity contribution in [3.8, 4) is 5.69 Å². The van der Waals surface area contributed by atoms with Crippen LogP contribution in [0.5, 0.6) is 0 Å². The average molecular weight is 446 g/mol. The van der Waals surface area contributed by atoms with E-state index in [1.807, 2.05) is 6.07 Å². The predicted octanol–water partition coefficient (Wildman–Crippen LogP) is 4.87. The maximum Gasteiger partial charge on any atom is 0.253 e. The van der Waals surface area contributed by atoms with Gasteiger partial charge in [0.15, 0.2) is 0 Å². The molecule has 6 nitrogen and oxygen atoms in total. The van der Waals surface area contributed by atoms with Gasteiger partial charge in [-0.1, -0.05) is 11.6 Å². The standard InChI is InChI=1S/C25H24ClN5O/c1-13-7-19-21(8-14(13)2)29-22-9-15-3-5-18(23(19)22)24(15)30-25(32)17-6-4-16(10-20(17)26)31-11-27-28-12-31/h4,6-8,10-12,15,18,24,29H,3,5,9H2,1-2H3,(H,30,32)/t15-,18+,24?/m0/s1. The molecule has 0 aliphatic heterocycles. The molecule has 7 heteroatoms. The number of H-pyrrole nitrogens is 1. The molecule has 0 spiro atoms. The fraction of sp³-hybridized carbons (Fsp3) is 0.320. The van der Waals surface area contributed by atoms with Crippen molar-refractivity contribution in [1.82, 2.24) is 25.1 Å². The van der Waals surface area contributed by atoms with E-state index in [2.05, 4.69) is 46.5 Å². The number of hydrogen-bond acceptors (Lipinski definition) is 3. The highest BCUT2D eigenvalue weighted by molar-refractivity contribution is 6.34. The lowest BCUT2D eigenvalue weighted by atomic mass is 9.81. The molecule has 0 radical (unpaired) electrons. The van der Waals surface area contributed by atoms with Gasteiger partial charge in [0.05, 0.1) is 10.6 Å². The third-order valence-electron chi connectivity index (χ3n) is 7.37. The topological polar surface area (TPSA) is 75.6 Å². The minimum Gasteiger partial charge on any atom is -0.358 e. The van der Waals surface area contributed by atoms with Gasteiger partial charge in [-0.2, -0.15) is 0 Å². The van der Waals surface area contributed by atoms with Crippen molar-refractivity contribution in [2.75, 3.05) is 0 Å². The van der Waals surface area contributed by atoms with Crippen LogP contribution in [0.1, 0.15) is 51.5 Å². The highest BCUT2D eigenvalue weighted by atomic mass is 35.5. The highest BCUT2D eigenvalue weighted by Gasteiger charge is 2.44. The third-order valence-corrected chi connectivity index (χ3v) is 7.69. The molecule has 1 unspecified atom stereocenters. The molecule has 3 atom stereocenters. The third kappa shape index (κ3) is 2.97. The summed E-state index contributed by atoms with van der Waals surface area (Å²) in [6.45, 7) is 4.32. The van der Waals surface area contributed by atoms with Crippen LogP contribution >= 0.6 is 11.6 Å². The van der Waals surface area contributed by atoms with E-state index in [0.29, 0.717) is 22.4 Å². The Labute approximate surface area is 191 Å². The zero-order chi connectivity index (χ0) is 22.0. The monoisotopic (exact) mass is 445 g/mol. The average Bonchev–Trinajstić information content (AvgIpc) is 3.47. The molecule has 1 fully saturated rings. The summed E-state index contributed by atoms with van der Waals surface area (Å²) in [6, 6.07) is 10.1. The molecule has 2 aliphatic carbocycles. The lowest BCUT2D eigenvalue weighted by Crippen LogP contribution is -2.43. The Kier molecular flexibility index (Phi) is 4.40. The van der Waals surface area contributed by atoms with Crippen molar-refractivity contribution in [3.05, 3.63) is 76.0 Å². The summed E-state index contributed by atoms with van der Waals surface area (Å²) in [6.07, 6.45) is 6.41. The molecular weight excluding hydrogens is 422 g/mol. The van der Waals surface area contributed by atoms with Crippen LogP contribution in [-0.2, 0) is 6.42 Å². The fourth-order valence-corrected chi connectivity index (χ4v) is 5.91. The lowest BCUT2D eigenvalue weighted by Gasteiger charge is -2.31. The first-order chi connectivity index (χ1) is 15.5. The van der Waals surface area contributed by atoms with Crippen molar-refractivity contribution in [3.63, 3.8) is 0 Å². The van der Waals surface area contributed by atoms with Crippen molar-refractivity contribution >= 4 is 28.4 Å². The van der Waals surface area contributed by atoms with Crippen LogP contribution in [0.4, 0.5) is 0 Å². The summed E-state index contributed by atoms with van der Waals surface area (Å²) in [4.78, 5) is 16.9. The van der Waals surface area contributed by atoms with Crippen molar-refractivity contribution in [2.45, 2.75) is 45.1 Å². The minimum atomic E-state index is -0.109. The van der Waals surface area contributed by atoms with E-state index in [-0.39, 0.29) is 11.9 Å². The summed E-state index contributed by atoms with van der Waals surface area (Å²) >= 11 is 6.50. The number of halogens is 1. The second kappa shape index (κ2) is 7.20. The Morgan fingerprint density at radius 3 is 2.69 bits per heavy atom. The maximum absolute atomic E-state index is 13.2. The van der Waals surface area contributed by atoms with Crippen molar-refractivity contribution < 1.29 is 4.79 Å². The lowest BCUT2D eigenvalue weighted by molar-refractivity contribution is 0.0921. The zero-order valence-corrected chi connectivity index (χ0v) is 18.8. The number of carbonyl (C=O) groups is 1. The quantitative estimate of drug-likeness (QED) is 0.472. The number of aromatic amines is 1. The normalized spacial score (nSPS) is 21.7. The minimum absolute atomic E-state index is 0.109. The molecule has 2 bridgehead atoms. The largest absolute Gasteiger partial charge is 0.358 e. The van der Waals surface area contributed by atoms with Gasteiger partial charge in [-0.25, -0.2) is 0 Å². The highest BCUT2D eigenvalue weighted by Crippen LogP contribution is 2.49. The van der Waals surface area contributed by atoms with Crippen LogP contribution in [0.3, 0.4) is 0 Å². The van der Waals surface area contributed by atoms with Gasteiger partial charge >= 0.3 is 0 Å². The number of hydrogen-bond donors (Lipinski definition) is 2. The SMILES string of the molecule is Cc1cc2[nH]c3c(c2cc1C)[C@H]1CC[C@@H](C3)C1NC(=O)c1ccc(-n2cnnc2)cc1Cl. The number of rotatable bonds is 3. The molecule has 2 aliphatic rings. The molecule has 32 heavy (non-hydrogen) atoms. The number of benzene rings is 2. The first-order valence-corrected chi connectivity index (χ1v) is 11.4. The molecule has 162 valence electrons. The fourth-order valence-electron chi connectivity index (χ4n) is 5.65. The molecule has 2 N–H and O–H groups in total. The van der Waals surface area contributed by atoms with Gasteiger partial charge in [0.1, 0.15) is 12.7 Å². The van der Waals surface area contributed by atoms with E-state index in [4.69, 9.17) is 11.6 Å². The molecule has 1 amide bonds. The molecule has 0 saturated heterocycles. The first-order valence-electron chi connectivity index (χ1n) is 11.1. The Balaban J connectivity index is 1.30. The summed E-state index contributed by atoms with van der Waals surface area (Å²) in [5, 5.41) is 12.7. The first kappa shape index (κ1) is 19.6. The van der Waals surface area contributed by atoms with E-state index in [1.165, 1.54) is 33.3 Å². The van der Waals surface area contributed by atoms with Crippen LogP contribution in [0.2, 0.25) is 5.02 Å². The van der Waals surface area contributed by atoms with Gasteiger partial charge in [0, 0.05) is 34.2 Å². The van der Waals surface area contributed by atoms with E-state index >= 15 is 0 Å². The second-order valence-corrected chi connectivity index (χ2v) is 9.59. The van der Waals surface area contributed by atoms with Gasteiger partial charge in [0.2, 0.25) is 0 Å². The summed E-state index contributed by atoms with van der Waals surface area (Å²) in [7, 11) is 0. The number of nitrogens with zero attached hydrogens (tertiary/aromatic N) is 3. The van der Waals surface area contributed by atoms with Crippen LogP contribution in [0.15, 0.2) is 43.0 Å². The molecule has 2 aromatic carbocycles. The Morgan fingerprint density at radius 1 is 1.12 bits per heavy atom. The number of nitrogens with one attached hydrogen (secondary N) is 2. The van der Waals surface area contributed by atoms with Gasteiger partial charge in [-0.05, 0) is 86.1 Å². The Bertz CT molecular complexity index is 1360. The van der Waals surface area contributed by atoms with Gasteiger partial charge in [0.25, 0.3) is 5.91 Å². The maximum atomic E-state index is 13.2. The number of fused-ring (bicyclic) bond motifs is 6. The molecule has 6 rings (SSSR count). The van der Waals surface area contributed by atoms with Crippen LogP contribution in [0, 0.1) is 19.8 Å². The summed E-state index contributed by atoms with van der Waals surface area (Å²) in [5.74, 6) is 0.669. The summed E-state index contributed by atoms with van der Waals surface area (Å²) < 4.78 is 1.76. The molecule has 1 saturated carbocycles. The molecule has 4 aromatic rings. The zero-order valence-electron chi connectivity index (χ0n) is 18.0. The second-order valence-electron chi connectivity index (χ2n) is 9.18. The van der Waals surface area contributed by atoms with Crippen LogP contribution in [0.25, 0.3) is 16.6 Å². The smallest absolute Gasteiger partial charge is 0.253 e. The molecule has 2 heterocycles. The Morgan fingerprint density at radius 2 is 1.91 bits per heavy atom. The molecular formula is C25H24ClN5O. The van der Waals surface area contributed by atoms with E-state index in [1.54, 1.807) is 29.4 Å². The van der Waals surface area contributed by atoms with Gasteiger partial charge in [-0.15, -0.1) is 10.2 Å². The van der Waals surface area contributed by atoms with Crippen LogP contribution < -0.4 is 5.32 Å². The number of aromatic nitrogens is 4. The van der Waals surface area contributed by atoms with Gasteiger partial charge < -0.3 is 10.3 Å². The van der Waals surface area contributed by atoms with Crippen LogP contribution in [-0.4, -0.2) is 31.7 Å². The van der Waals surface area contributed by atoms with Crippen molar-refractivity contribution in [1.29, 1.82) is 0 Å². The number of aryl methyl sites for hydroxylation is 2. The van der Waals surface area contributed by atoms with Gasteiger partial charge in [-0.3, -0.25) is 9.36 Å². The van der Waals surface area contributed by atoms with E-state index in [9.17, 15) is 4.79 Å². The Hall–Kier alpha value is -3.12. The number of carbonyl (C=O) groups excluding carboxylic acids is 1. The van der Waals surface area contributed by atoms with E-state index < -0.39 is 0 Å². The van der Waals surface area contributed by atoms with E-state index in [0.717, 1.165) is 24.9 Å². The molecule has 2 aromatic heterocycles. The summed E-state index contributed by atoms with van der Waals surface area (Å²) in [5.41, 5.74) is 7.89. The predicted molar refractivity (Wildman–Crippen MR) is 125 cm³/mol.